The van der Waals surface area contributed by atoms with E-state index in [0.29, 0.717) is 5.69 Å². The van der Waals surface area contributed by atoms with Crippen LogP contribution in [0.15, 0.2) is 12.3 Å². The van der Waals surface area contributed by atoms with E-state index in [0.717, 1.165) is 0 Å². The van der Waals surface area contributed by atoms with Crippen molar-refractivity contribution in [2.45, 2.75) is 64.0 Å². The van der Waals surface area contributed by atoms with Crippen LogP contribution in [-0.2, 0) is 11.3 Å². The van der Waals surface area contributed by atoms with E-state index in [2.05, 4.69) is 15.5 Å². The highest BCUT2D eigenvalue weighted by Crippen LogP contribution is 2.32. The van der Waals surface area contributed by atoms with Crippen LogP contribution in [0.2, 0.25) is 0 Å². The van der Waals surface area contributed by atoms with Crippen molar-refractivity contribution in [2.75, 3.05) is 6.54 Å². The van der Waals surface area contributed by atoms with Gasteiger partial charge >= 0.3 is 12.3 Å². The first-order chi connectivity index (χ1) is 11.0. The molecular formula is C15H23F3N4O2. The summed E-state index contributed by atoms with van der Waals surface area (Å²) in [5, 5.41) is 9.09. The van der Waals surface area contributed by atoms with Gasteiger partial charge in [0.2, 0.25) is 0 Å². The van der Waals surface area contributed by atoms with E-state index in [-0.39, 0.29) is 32.0 Å². The molecule has 2 heterocycles. The zero-order chi connectivity index (χ0) is 18.0. The lowest BCUT2D eigenvalue weighted by Gasteiger charge is -2.40. The standard InChI is InChI=1S/C15H23F3N4O2/c1-14(2,3)24-13(23)20-10-4-5-12(15(16,17)18)22(8-10)9-11-6-7-19-21-11/h6-7,10,12H,4-5,8-9H2,1-3H3,(H,19,21)(H,20,23)/t10-,12+/m1/s1. The number of rotatable bonds is 3. The Hall–Kier alpha value is -1.77. The van der Waals surface area contributed by atoms with Crippen molar-refractivity contribution in [3.63, 3.8) is 0 Å². The van der Waals surface area contributed by atoms with Gasteiger partial charge in [-0.1, -0.05) is 0 Å². The maximum Gasteiger partial charge on any atom is 0.407 e. The molecule has 1 aromatic heterocycles. The van der Waals surface area contributed by atoms with Gasteiger partial charge in [0.15, 0.2) is 0 Å². The minimum absolute atomic E-state index is 0.0713. The molecule has 2 rings (SSSR count). The zero-order valence-corrected chi connectivity index (χ0v) is 14.0. The molecule has 1 fully saturated rings. The molecule has 1 amide bonds. The number of nitrogens with zero attached hydrogens (tertiary/aromatic N) is 2. The number of amides is 1. The number of alkyl carbamates (subject to hydrolysis) is 1. The van der Waals surface area contributed by atoms with Gasteiger partial charge in [-0.3, -0.25) is 10.00 Å². The highest BCUT2D eigenvalue weighted by molar-refractivity contribution is 5.68. The first-order valence-electron chi connectivity index (χ1n) is 7.83. The number of ether oxygens (including phenoxy) is 1. The van der Waals surface area contributed by atoms with Gasteiger partial charge in [-0.15, -0.1) is 0 Å². The molecule has 1 aliphatic heterocycles. The number of carbonyl (C=O) groups is 1. The molecule has 1 aromatic rings. The number of piperidine rings is 1. The number of aromatic nitrogens is 2. The molecule has 9 heteroatoms. The molecule has 1 aliphatic rings. The number of alkyl halides is 3. The molecule has 0 bridgehead atoms. The summed E-state index contributed by atoms with van der Waals surface area (Å²) < 4.78 is 44.9. The van der Waals surface area contributed by atoms with Crippen molar-refractivity contribution in [1.29, 1.82) is 0 Å². The molecule has 136 valence electrons. The maximum absolute atomic E-state index is 13.3. The van der Waals surface area contributed by atoms with Crippen molar-refractivity contribution >= 4 is 6.09 Å². The van der Waals surface area contributed by atoms with Crippen LogP contribution < -0.4 is 5.32 Å². The number of carbonyl (C=O) groups excluding carboxylic acids is 1. The van der Waals surface area contributed by atoms with Crippen molar-refractivity contribution in [2.24, 2.45) is 0 Å². The smallest absolute Gasteiger partial charge is 0.407 e. The van der Waals surface area contributed by atoms with Gasteiger partial charge in [0.1, 0.15) is 11.6 Å². The molecule has 2 atom stereocenters. The Bertz CT molecular complexity index is 540. The van der Waals surface area contributed by atoms with E-state index in [1.54, 1.807) is 26.8 Å². The van der Waals surface area contributed by atoms with Crippen LogP contribution in [0, 0.1) is 0 Å². The Balaban J connectivity index is 2.01. The average molecular weight is 348 g/mol. The molecule has 6 nitrogen and oxygen atoms in total. The topological polar surface area (TPSA) is 70.2 Å². The van der Waals surface area contributed by atoms with Crippen LogP contribution in [0.25, 0.3) is 0 Å². The van der Waals surface area contributed by atoms with Crippen molar-refractivity contribution in [1.82, 2.24) is 20.4 Å². The van der Waals surface area contributed by atoms with Crippen LogP contribution in [0.4, 0.5) is 18.0 Å². The number of hydrogen-bond donors (Lipinski definition) is 2. The summed E-state index contributed by atoms with van der Waals surface area (Å²) >= 11 is 0. The Morgan fingerprint density at radius 3 is 2.67 bits per heavy atom. The number of H-pyrrole nitrogens is 1. The number of nitrogens with one attached hydrogen (secondary N) is 2. The van der Waals surface area contributed by atoms with Crippen molar-refractivity contribution in [3.05, 3.63) is 18.0 Å². The normalized spacial score (nSPS) is 23.1. The summed E-state index contributed by atoms with van der Waals surface area (Å²) in [4.78, 5) is 13.2. The van der Waals surface area contributed by atoms with E-state index in [1.807, 2.05) is 0 Å². The lowest BCUT2D eigenvalue weighted by molar-refractivity contribution is -0.194. The lowest BCUT2D eigenvalue weighted by atomic mass is 9.97. The number of hydrogen-bond acceptors (Lipinski definition) is 4. The second-order valence-corrected chi connectivity index (χ2v) is 6.99. The van der Waals surface area contributed by atoms with Crippen LogP contribution >= 0.6 is 0 Å². The van der Waals surface area contributed by atoms with Crippen LogP contribution in [0.5, 0.6) is 0 Å². The van der Waals surface area contributed by atoms with Gasteiger partial charge in [0.25, 0.3) is 0 Å². The first kappa shape index (κ1) is 18.6. The van der Waals surface area contributed by atoms with E-state index in [9.17, 15) is 18.0 Å². The summed E-state index contributed by atoms with van der Waals surface area (Å²) in [5.41, 5.74) is -0.0507. The SMILES string of the molecule is CC(C)(C)OC(=O)N[C@@H]1CC[C@@H](C(F)(F)F)N(Cc2ccn[nH]2)C1. The van der Waals surface area contributed by atoms with Crippen molar-refractivity contribution < 1.29 is 22.7 Å². The third-order valence-electron chi connectivity index (χ3n) is 3.71. The summed E-state index contributed by atoms with van der Waals surface area (Å²) in [7, 11) is 0. The molecule has 0 saturated carbocycles. The third kappa shape index (κ3) is 5.40. The van der Waals surface area contributed by atoms with E-state index < -0.39 is 23.9 Å². The monoisotopic (exact) mass is 348 g/mol. The Kier molecular flexibility index (Phi) is 5.42. The van der Waals surface area contributed by atoms with Crippen LogP contribution in [-0.4, -0.2) is 51.6 Å². The van der Waals surface area contributed by atoms with E-state index in [1.165, 1.54) is 11.1 Å². The fraction of sp³-hybridized carbons (Fsp3) is 0.733. The fourth-order valence-electron chi connectivity index (χ4n) is 2.77. The van der Waals surface area contributed by atoms with Gasteiger partial charge in [0.05, 0.1) is 0 Å². The van der Waals surface area contributed by atoms with Gasteiger partial charge in [-0.05, 0) is 39.7 Å². The maximum atomic E-state index is 13.3. The van der Waals surface area contributed by atoms with Crippen LogP contribution in [0.3, 0.4) is 0 Å². The quantitative estimate of drug-likeness (QED) is 0.881. The number of likely N-dealkylation sites (tertiary alicyclic amines) is 1. The Morgan fingerprint density at radius 2 is 2.12 bits per heavy atom. The number of aromatic amines is 1. The molecule has 2 N–H and O–H groups in total. The molecule has 0 aromatic carbocycles. The molecule has 24 heavy (non-hydrogen) atoms. The molecule has 1 saturated heterocycles. The van der Waals surface area contributed by atoms with Crippen LogP contribution in [0.1, 0.15) is 39.3 Å². The van der Waals surface area contributed by atoms with Gasteiger partial charge in [0, 0.05) is 31.0 Å². The molecular weight excluding hydrogens is 325 g/mol. The van der Waals surface area contributed by atoms with Crippen molar-refractivity contribution in [3.8, 4) is 0 Å². The Morgan fingerprint density at radius 1 is 1.42 bits per heavy atom. The van der Waals surface area contributed by atoms with Gasteiger partial charge in [-0.25, -0.2) is 4.79 Å². The van der Waals surface area contributed by atoms with E-state index in [4.69, 9.17) is 4.74 Å². The number of halogens is 3. The predicted molar refractivity (Wildman–Crippen MR) is 81.2 cm³/mol. The predicted octanol–water partition coefficient (Wildman–Crippen LogP) is 2.83. The molecule has 0 aliphatic carbocycles. The molecule has 0 unspecified atom stereocenters. The first-order valence-corrected chi connectivity index (χ1v) is 7.83. The van der Waals surface area contributed by atoms with E-state index >= 15 is 0 Å². The average Bonchev–Trinajstić information content (AvgIpc) is 2.87. The highest BCUT2D eigenvalue weighted by atomic mass is 19.4. The molecule has 0 spiro atoms. The fourth-order valence-corrected chi connectivity index (χ4v) is 2.77. The zero-order valence-electron chi connectivity index (χ0n) is 14.0. The summed E-state index contributed by atoms with van der Waals surface area (Å²) in [6, 6.07) is -0.280. The second kappa shape index (κ2) is 7.00. The largest absolute Gasteiger partial charge is 0.444 e. The third-order valence-corrected chi connectivity index (χ3v) is 3.71. The second-order valence-electron chi connectivity index (χ2n) is 6.99. The highest BCUT2D eigenvalue weighted by Gasteiger charge is 2.46. The minimum atomic E-state index is -4.31. The molecule has 0 radical (unpaired) electrons. The summed E-state index contributed by atoms with van der Waals surface area (Å²) in [5.74, 6) is 0. The summed E-state index contributed by atoms with van der Waals surface area (Å²) in [6.45, 7) is 5.39. The van der Waals surface area contributed by atoms with Gasteiger partial charge in [-0.2, -0.15) is 18.3 Å². The lowest BCUT2D eigenvalue weighted by Crippen LogP contribution is -2.56. The van der Waals surface area contributed by atoms with Gasteiger partial charge < -0.3 is 10.1 Å². The summed E-state index contributed by atoms with van der Waals surface area (Å²) in [6.07, 6.45) is -3.24. The minimum Gasteiger partial charge on any atom is -0.444 e. The Labute approximate surface area is 138 Å².